The molecule has 0 amide bonds. The molecule has 0 aliphatic carbocycles. The second-order valence-electron chi connectivity index (χ2n) is 3.24. The fraction of sp³-hybridized carbons (Fsp3) is 0.750. The van der Waals surface area contributed by atoms with Gasteiger partial charge in [0.15, 0.2) is 0 Å². The molecule has 1 saturated heterocycles. The number of nitrogens with zero attached hydrogens (tertiary/aromatic N) is 3. The lowest BCUT2D eigenvalue weighted by molar-refractivity contribution is 0.735. The lowest BCUT2D eigenvalue weighted by Crippen LogP contribution is -2.23. The molecular weight excluding hydrogens is 206 g/mol. The third-order valence-electron chi connectivity index (χ3n) is 2.28. The molecule has 1 aromatic rings. The first-order chi connectivity index (χ1) is 6.36. The van der Waals surface area contributed by atoms with E-state index in [9.17, 15) is 0 Å². The molecule has 1 aliphatic heterocycles. The van der Waals surface area contributed by atoms with Crippen LogP contribution in [0.15, 0.2) is 6.33 Å². The molecule has 1 aromatic heterocycles. The summed E-state index contributed by atoms with van der Waals surface area (Å²) in [5, 5.41) is 1.38. The van der Waals surface area contributed by atoms with Crippen molar-refractivity contribution in [1.82, 2.24) is 9.36 Å². The largest absolute Gasteiger partial charge is 0.347 e. The Balaban J connectivity index is 2.00. The van der Waals surface area contributed by atoms with Crippen LogP contribution in [0.3, 0.4) is 0 Å². The number of rotatable bonds is 1. The molecule has 0 saturated carbocycles. The van der Waals surface area contributed by atoms with Gasteiger partial charge in [0, 0.05) is 30.0 Å². The minimum absolute atomic E-state index is 0.345. The predicted octanol–water partition coefficient (Wildman–Crippen LogP) is 2.14. The van der Waals surface area contributed by atoms with E-state index in [2.05, 4.69) is 14.3 Å². The van der Waals surface area contributed by atoms with Crippen LogP contribution in [0.2, 0.25) is 0 Å². The Bertz CT molecular complexity index is 252. The summed E-state index contributed by atoms with van der Waals surface area (Å²) in [5.41, 5.74) is 0. The van der Waals surface area contributed by atoms with Gasteiger partial charge in [-0.15, -0.1) is 11.6 Å². The zero-order valence-corrected chi connectivity index (χ0v) is 8.89. The Hall–Kier alpha value is -0.350. The molecule has 5 heteroatoms. The van der Waals surface area contributed by atoms with Gasteiger partial charge in [0.2, 0.25) is 5.13 Å². The SMILES string of the molecule is ClC1CCCN(c2ncns2)CC1. The average molecular weight is 218 g/mol. The van der Waals surface area contributed by atoms with Crippen molar-refractivity contribution < 1.29 is 0 Å². The fourth-order valence-corrected chi connectivity index (χ4v) is 2.39. The van der Waals surface area contributed by atoms with Gasteiger partial charge in [-0.25, -0.2) is 4.98 Å². The topological polar surface area (TPSA) is 29.0 Å². The quantitative estimate of drug-likeness (QED) is 0.675. The lowest BCUT2D eigenvalue weighted by Gasteiger charge is -2.17. The lowest BCUT2D eigenvalue weighted by atomic mass is 10.2. The van der Waals surface area contributed by atoms with E-state index in [4.69, 9.17) is 11.6 Å². The van der Waals surface area contributed by atoms with E-state index in [1.807, 2.05) is 0 Å². The number of aromatic nitrogens is 2. The predicted molar refractivity (Wildman–Crippen MR) is 55.6 cm³/mol. The van der Waals surface area contributed by atoms with Crippen LogP contribution in [0.4, 0.5) is 5.13 Å². The van der Waals surface area contributed by atoms with Gasteiger partial charge in [-0.2, -0.15) is 4.37 Å². The second-order valence-corrected chi connectivity index (χ2v) is 4.61. The first kappa shape index (κ1) is 9.21. The van der Waals surface area contributed by atoms with Crippen LogP contribution >= 0.6 is 23.1 Å². The maximum absolute atomic E-state index is 6.09. The molecule has 1 aliphatic rings. The van der Waals surface area contributed by atoms with Gasteiger partial charge in [-0.1, -0.05) is 0 Å². The molecule has 1 atom stereocenters. The van der Waals surface area contributed by atoms with Gasteiger partial charge >= 0.3 is 0 Å². The molecule has 1 unspecified atom stereocenters. The molecule has 72 valence electrons. The van der Waals surface area contributed by atoms with Crippen molar-refractivity contribution >= 4 is 28.3 Å². The van der Waals surface area contributed by atoms with Crippen molar-refractivity contribution in [2.24, 2.45) is 0 Å². The van der Waals surface area contributed by atoms with Gasteiger partial charge in [0.1, 0.15) is 6.33 Å². The molecule has 13 heavy (non-hydrogen) atoms. The van der Waals surface area contributed by atoms with Crippen molar-refractivity contribution in [1.29, 1.82) is 0 Å². The summed E-state index contributed by atoms with van der Waals surface area (Å²) >= 11 is 7.55. The highest BCUT2D eigenvalue weighted by atomic mass is 35.5. The molecule has 1 fully saturated rings. The summed E-state index contributed by atoms with van der Waals surface area (Å²) in [6, 6.07) is 0. The Morgan fingerprint density at radius 2 is 2.38 bits per heavy atom. The molecule has 2 heterocycles. The third-order valence-corrected chi connectivity index (χ3v) is 3.44. The molecule has 0 N–H and O–H groups in total. The standard InChI is InChI=1S/C8H12ClN3S/c9-7-2-1-4-12(5-3-7)8-10-6-11-13-8/h6-7H,1-5H2. The molecular formula is C8H12ClN3S. The van der Waals surface area contributed by atoms with Crippen LogP contribution in [-0.4, -0.2) is 27.8 Å². The highest BCUT2D eigenvalue weighted by Crippen LogP contribution is 2.21. The third kappa shape index (κ3) is 2.31. The molecule has 0 bridgehead atoms. The molecule has 0 radical (unpaired) electrons. The Morgan fingerprint density at radius 1 is 1.46 bits per heavy atom. The summed E-state index contributed by atoms with van der Waals surface area (Å²) in [6.07, 6.45) is 4.95. The summed E-state index contributed by atoms with van der Waals surface area (Å²) < 4.78 is 4.00. The van der Waals surface area contributed by atoms with E-state index in [0.717, 1.165) is 37.5 Å². The van der Waals surface area contributed by atoms with E-state index in [0.29, 0.717) is 5.38 Å². The number of hydrogen-bond acceptors (Lipinski definition) is 4. The smallest absolute Gasteiger partial charge is 0.204 e. The van der Waals surface area contributed by atoms with Gasteiger partial charge in [-0.3, -0.25) is 0 Å². The minimum atomic E-state index is 0.345. The molecule has 0 spiro atoms. The van der Waals surface area contributed by atoms with Crippen molar-refractivity contribution in [2.75, 3.05) is 18.0 Å². The van der Waals surface area contributed by atoms with Crippen LogP contribution in [0, 0.1) is 0 Å². The summed E-state index contributed by atoms with van der Waals surface area (Å²) in [4.78, 5) is 6.47. The Kier molecular flexibility index (Phi) is 3.01. The van der Waals surface area contributed by atoms with Crippen LogP contribution in [-0.2, 0) is 0 Å². The van der Waals surface area contributed by atoms with Crippen LogP contribution in [0.25, 0.3) is 0 Å². The monoisotopic (exact) mass is 217 g/mol. The summed E-state index contributed by atoms with van der Waals surface area (Å²) in [7, 11) is 0. The van der Waals surface area contributed by atoms with Crippen LogP contribution in [0.5, 0.6) is 0 Å². The summed E-state index contributed by atoms with van der Waals surface area (Å²) in [5.74, 6) is 0. The number of hydrogen-bond donors (Lipinski definition) is 0. The van der Waals surface area contributed by atoms with Gasteiger partial charge < -0.3 is 4.90 Å². The maximum Gasteiger partial charge on any atom is 0.204 e. The van der Waals surface area contributed by atoms with Gasteiger partial charge in [-0.05, 0) is 19.3 Å². The average Bonchev–Trinajstić information content (AvgIpc) is 2.56. The van der Waals surface area contributed by atoms with Crippen molar-refractivity contribution in [3.63, 3.8) is 0 Å². The van der Waals surface area contributed by atoms with Crippen molar-refractivity contribution in [2.45, 2.75) is 24.6 Å². The Labute approximate surface area is 86.9 Å². The molecule has 2 rings (SSSR count). The number of alkyl halides is 1. The van der Waals surface area contributed by atoms with Crippen molar-refractivity contribution in [3.8, 4) is 0 Å². The second kappa shape index (κ2) is 4.24. The van der Waals surface area contributed by atoms with Gasteiger partial charge in [0.05, 0.1) is 0 Å². The van der Waals surface area contributed by atoms with E-state index >= 15 is 0 Å². The van der Waals surface area contributed by atoms with E-state index < -0.39 is 0 Å². The number of anilines is 1. The van der Waals surface area contributed by atoms with Gasteiger partial charge in [0.25, 0.3) is 0 Å². The first-order valence-electron chi connectivity index (χ1n) is 4.52. The van der Waals surface area contributed by atoms with Crippen LogP contribution in [0.1, 0.15) is 19.3 Å². The fourth-order valence-electron chi connectivity index (χ4n) is 1.55. The normalized spacial score (nSPS) is 24.4. The number of halogens is 1. The highest BCUT2D eigenvalue weighted by molar-refractivity contribution is 7.09. The zero-order valence-electron chi connectivity index (χ0n) is 7.32. The van der Waals surface area contributed by atoms with E-state index in [1.54, 1.807) is 6.33 Å². The molecule has 3 nitrogen and oxygen atoms in total. The highest BCUT2D eigenvalue weighted by Gasteiger charge is 2.16. The minimum Gasteiger partial charge on any atom is -0.347 e. The first-order valence-corrected chi connectivity index (χ1v) is 5.73. The van der Waals surface area contributed by atoms with Crippen LogP contribution < -0.4 is 4.90 Å². The molecule has 0 aromatic carbocycles. The summed E-state index contributed by atoms with van der Waals surface area (Å²) in [6.45, 7) is 2.09. The van der Waals surface area contributed by atoms with E-state index in [-0.39, 0.29) is 0 Å². The van der Waals surface area contributed by atoms with Crippen molar-refractivity contribution in [3.05, 3.63) is 6.33 Å². The Morgan fingerprint density at radius 3 is 3.15 bits per heavy atom. The van der Waals surface area contributed by atoms with E-state index in [1.165, 1.54) is 11.5 Å². The maximum atomic E-state index is 6.09. The zero-order chi connectivity index (χ0) is 9.10.